The highest BCUT2D eigenvalue weighted by atomic mass is 32.2. The Labute approximate surface area is 168 Å². The lowest BCUT2D eigenvalue weighted by Gasteiger charge is -2.08. The van der Waals surface area contributed by atoms with Crippen molar-refractivity contribution in [1.82, 2.24) is 14.5 Å². The van der Waals surface area contributed by atoms with Crippen molar-refractivity contribution in [2.45, 2.75) is 11.7 Å². The van der Waals surface area contributed by atoms with Crippen LogP contribution in [0.4, 0.5) is 9.52 Å². The molecule has 4 aromatic rings. The Kier molecular flexibility index (Phi) is 5.56. The molecule has 4 rings (SSSR count). The number of para-hydroxylation sites is 2. The van der Waals surface area contributed by atoms with E-state index in [4.69, 9.17) is 4.74 Å². The number of aromatic nitrogens is 3. The number of carbonyl (C=O) groups is 1. The van der Waals surface area contributed by atoms with Gasteiger partial charge in [-0.1, -0.05) is 35.2 Å². The molecule has 0 atom stereocenters. The topological polar surface area (TPSA) is 69.0 Å². The van der Waals surface area contributed by atoms with E-state index in [9.17, 15) is 9.18 Å². The first-order chi connectivity index (χ1) is 13.6. The number of hydrogen-bond donors (Lipinski definition) is 1. The van der Waals surface area contributed by atoms with Gasteiger partial charge in [0.2, 0.25) is 5.91 Å². The second kappa shape index (κ2) is 8.26. The fourth-order valence-electron chi connectivity index (χ4n) is 2.80. The van der Waals surface area contributed by atoms with Crippen molar-refractivity contribution in [3.63, 3.8) is 0 Å². The smallest absolute Gasteiger partial charge is 0.236 e. The maximum Gasteiger partial charge on any atom is 0.236 e. The number of amides is 1. The highest BCUT2D eigenvalue weighted by Crippen LogP contribution is 2.27. The molecular weight excluding hydrogens is 399 g/mol. The molecule has 2 aromatic carbocycles. The number of thioether (sulfide) groups is 1. The van der Waals surface area contributed by atoms with Crippen molar-refractivity contribution in [2.24, 2.45) is 0 Å². The maximum absolute atomic E-state index is 13.3. The van der Waals surface area contributed by atoms with E-state index in [1.54, 1.807) is 13.2 Å². The molecule has 0 aliphatic heterocycles. The van der Waals surface area contributed by atoms with Crippen molar-refractivity contribution in [3.05, 3.63) is 48.3 Å². The molecule has 144 valence electrons. The molecule has 0 aliphatic carbocycles. The SMILES string of the molecule is COCCn1c(SCC(=O)Nc2nc3ccc(F)cc3s2)nc2ccccc21. The number of anilines is 1. The fourth-order valence-corrected chi connectivity index (χ4v) is 4.55. The summed E-state index contributed by atoms with van der Waals surface area (Å²) in [6, 6.07) is 12.2. The summed E-state index contributed by atoms with van der Waals surface area (Å²) in [7, 11) is 1.66. The Balaban J connectivity index is 1.46. The Morgan fingerprint density at radius 3 is 2.96 bits per heavy atom. The first-order valence-electron chi connectivity index (χ1n) is 8.57. The molecule has 0 fully saturated rings. The third-order valence-corrected chi connectivity index (χ3v) is 5.98. The molecule has 0 unspecified atom stereocenters. The predicted octanol–water partition coefficient (Wildman–Crippen LogP) is 4.16. The van der Waals surface area contributed by atoms with E-state index in [-0.39, 0.29) is 17.5 Å². The molecule has 2 heterocycles. The van der Waals surface area contributed by atoms with Gasteiger partial charge in [0.25, 0.3) is 0 Å². The van der Waals surface area contributed by atoms with Gasteiger partial charge in [0.1, 0.15) is 5.82 Å². The van der Waals surface area contributed by atoms with E-state index in [0.717, 1.165) is 16.2 Å². The number of methoxy groups -OCH3 is 1. The summed E-state index contributed by atoms with van der Waals surface area (Å²) in [4.78, 5) is 21.3. The van der Waals surface area contributed by atoms with Crippen LogP contribution in [-0.2, 0) is 16.1 Å². The van der Waals surface area contributed by atoms with Crippen LogP contribution >= 0.6 is 23.1 Å². The molecule has 6 nitrogen and oxygen atoms in total. The summed E-state index contributed by atoms with van der Waals surface area (Å²) in [5.74, 6) is -0.310. The van der Waals surface area contributed by atoms with Gasteiger partial charge in [-0.2, -0.15) is 0 Å². The lowest BCUT2D eigenvalue weighted by atomic mass is 10.3. The van der Waals surface area contributed by atoms with Gasteiger partial charge in [-0.25, -0.2) is 14.4 Å². The van der Waals surface area contributed by atoms with Crippen molar-refractivity contribution >= 4 is 55.4 Å². The summed E-state index contributed by atoms with van der Waals surface area (Å²) in [6.07, 6.45) is 0. The molecule has 0 aliphatic rings. The zero-order chi connectivity index (χ0) is 19.5. The number of nitrogens with zero attached hydrogens (tertiary/aromatic N) is 3. The quantitative estimate of drug-likeness (QED) is 0.458. The molecule has 0 bridgehead atoms. The molecule has 0 radical (unpaired) electrons. The predicted molar refractivity (Wildman–Crippen MR) is 111 cm³/mol. The van der Waals surface area contributed by atoms with E-state index in [1.165, 1.54) is 35.2 Å². The fraction of sp³-hybridized carbons (Fsp3) is 0.211. The second-order valence-corrected chi connectivity index (χ2v) is 7.97. The number of rotatable bonds is 7. The van der Waals surface area contributed by atoms with Crippen LogP contribution in [0.1, 0.15) is 0 Å². The average Bonchev–Trinajstić information content (AvgIpc) is 3.24. The van der Waals surface area contributed by atoms with Crippen LogP contribution in [0.25, 0.3) is 21.3 Å². The van der Waals surface area contributed by atoms with E-state index in [0.29, 0.717) is 28.5 Å². The number of thiazole rings is 1. The van der Waals surface area contributed by atoms with Gasteiger partial charge in [0.05, 0.1) is 33.6 Å². The molecule has 1 amide bonds. The number of carbonyl (C=O) groups excluding carboxylic acids is 1. The summed E-state index contributed by atoms with van der Waals surface area (Å²) < 4.78 is 21.2. The number of fused-ring (bicyclic) bond motifs is 2. The lowest BCUT2D eigenvalue weighted by Crippen LogP contribution is -2.14. The first kappa shape index (κ1) is 18.9. The lowest BCUT2D eigenvalue weighted by molar-refractivity contribution is -0.113. The standard InChI is InChI=1S/C19H17FN4O2S2/c1-26-9-8-24-15-5-3-2-4-13(15)22-19(24)27-11-17(25)23-18-21-14-7-6-12(20)10-16(14)28-18/h2-7,10H,8-9,11H2,1H3,(H,21,23,25). The molecule has 28 heavy (non-hydrogen) atoms. The normalized spacial score (nSPS) is 11.4. The second-order valence-electron chi connectivity index (χ2n) is 6.00. The minimum Gasteiger partial charge on any atom is -0.383 e. The van der Waals surface area contributed by atoms with Crippen molar-refractivity contribution in [2.75, 3.05) is 24.8 Å². The summed E-state index contributed by atoms with van der Waals surface area (Å²) in [5, 5.41) is 4.00. The van der Waals surface area contributed by atoms with Gasteiger partial charge in [0, 0.05) is 13.7 Å². The highest BCUT2D eigenvalue weighted by molar-refractivity contribution is 7.99. The van der Waals surface area contributed by atoms with Gasteiger partial charge in [-0.15, -0.1) is 0 Å². The molecule has 0 spiro atoms. The van der Waals surface area contributed by atoms with Gasteiger partial charge < -0.3 is 14.6 Å². The molecule has 0 saturated carbocycles. The van der Waals surface area contributed by atoms with Crippen LogP contribution in [0.2, 0.25) is 0 Å². The van der Waals surface area contributed by atoms with E-state index in [2.05, 4.69) is 19.9 Å². The number of nitrogens with one attached hydrogen (secondary N) is 1. The van der Waals surface area contributed by atoms with Crippen molar-refractivity contribution in [1.29, 1.82) is 0 Å². The maximum atomic E-state index is 13.3. The third kappa shape index (κ3) is 4.01. The highest BCUT2D eigenvalue weighted by Gasteiger charge is 2.14. The summed E-state index contributed by atoms with van der Waals surface area (Å²) >= 11 is 2.61. The Bertz CT molecular complexity index is 1140. The third-order valence-electron chi connectivity index (χ3n) is 4.07. The summed E-state index contributed by atoms with van der Waals surface area (Å²) in [5.41, 5.74) is 2.56. The van der Waals surface area contributed by atoms with Crippen molar-refractivity contribution in [3.8, 4) is 0 Å². The number of hydrogen-bond acceptors (Lipinski definition) is 6. The van der Waals surface area contributed by atoms with E-state index >= 15 is 0 Å². The van der Waals surface area contributed by atoms with Crippen molar-refractivity contribution < 1.29 is 13.9 Å². The van der Waals surface area contributed by atoms with Crippen LogP contribution in [0.15, 0.2) is 47.6 Å². The van der Waals surface area contributed by atoms with Gasteiger partial charge in [0.15, 0.2) is 10.3 Å². The van der Waals surface area contributed by atoms with Crippen LogP contribution < -0.4 is 5.32 Å². The Morgan fingerprint density at radius 1 is 1.25 bits per heavy atom. The zero-order valence-corrected chi connectivity index (χ0v) is 16.6. The van der Waals surface area contributed by atoms with E-state index < -0.39 is 0 Å². The molecule has 2 aromatic heterocycles. The van der Waals surface area contributed by atoms with Gasteiger partial charge >= 0.3 is 0 Å². The van der Waals surface area contributed by atoms with Crippen LogP contribution in [0, 0.1) is 5.82 Å². The monoisotopic (exact) mass is 416 g/mol. The van der Waals surface area contributed by atoms with Crippen LogP contribution in [0.3, 0.4) is 0 Å². The van der Waals surface area contributed by atoms with Gasteiger partial charge in [-0.3, -0.25) is 4.79 Å². The molecule has 9 heteroatoms. The Morgan fingerprint density at radius 2 is 2.11 bits per heavy atom. The number of ether oxygens (including phenoxy) is 1. The summed E-state index contributed by atoms with van der Waals surface area (Å²) in [6.45, 7) is 1.22. The minimum absolute atomic E-state index is 0.185. The average molecular weight is 417 g/mol. The van der Waals surface area contributed by atoms with Crippen LogP contribution in [-0.4, -0.2) is 39.9 Å². The molecule has 0 saturated heterocycles. The van der Waals surface area contributed by atoms with E-state index in [1.807, 2.05) is 24.3 Å². The zero-order valence-electron chi connectivity index (χ0n) is 15.0. The van der Waals surface area contributed by atoms with Crippen LogP contribution in [0.5, 0.6) is 0 Å². The van der Waals surface area contributed by atoms with Gasteiger partial charge in [-0.05, 0) is 30.3 Å². The minimum atomic E-state index is -0.320. The Hall–Kier alpha value is -2.49. The first-order valence-corrected chi connectivity index (χ1v) is 10.4. The number of benzene rings is 2. The number of halogens is 1. The molecule has 1 N–H and O–H groups in total. The largest absolute Gasteiger partial charge is 0.383 e. The molecular formula is C19H17FN4O2S2. The number of imidazole rings is 1.